The van der Waals surface area contributed by atoms with Gasteiger partial charge in [0.1, 0.15) is 5.75 Å². The van der Waals surface area contributed by atoms with Crippen molar-refractivity contribution in [3.63, 3.8) is 0 Å². The van der Waals surface area contributed by atoms with Gasteiger partial charge in [0.25, 0.3) is 0 Å². The summed E-state index contributed by atoms with van der Waals surface area (Å²) in [5, 5.41) is 14.3. The zero-order chi connectivity index (χ0) is 24.0. The number of rotatable bonds is 6. The van der Waals surface area contributed by atoms with Crippen LogP contribution in [0, 0.1) is 0 Å². The molecule has 0 aliphatic carbocycles. The van der Waals surface area contributed by atoms with Crippen LogP contribution in [0.15, 0.2) is 47.4 Å². The molecule has 0 bridgehead atoms. The molecule has 33 heavy (non-hydrogen) atoms. The van der Waals surface area contributed by atoms with Gasteiger partial charge in [-0.3, -0.25) is 4.79 Å². The van der Waals surface area contributed by atoms with E-state index in [0.717, 1.165) is 5.56 Å². The Labute approximate surface area is 193 Å². The molecule has 0 saturated heterocycles. The summed E-state index contributed by atoms with van der Waals surface area (Å²) in [7, 11) is 0. The van der Waals surface area contributed by atoms with Gasteiger partial charge in [0.15, 0.2) is 11.0 Å². The Morgan fingerprint density at radius 2 is 1.94 bits per heavy atom. The second-order valence-electron chi connectivity index (χ2n) is 9.09. The van der Waals surface area contributed by atoms with Crippen molar-refractivity contribution in [2.24, 2.45) is 0 Å². The van der Waals surface area contributed by atoms with E-state index in [4.69, 9.17) is 16.3 Å². The Morgan fingerprint density at radius 1 is 1.18 bits per heavy atom. The fraction of sp³-hybridized carbons (Fsp3) is 0.375. The Hall–Kier alpha value is -2.71. The highest BCUT2D eigenvalue weighted by atomic mass is 35.5. The van der Waals surface area contributed by atoms with Gasteiger partial charge < -0.3 is 20.1 Å². The van der Waals surface area contributed by atoms with Crippen LogP contribution in [0.2, 0.25) is 5.02 Å². The predicted octanol–water partition coefficient (Wildman–Crippen LogP) is 5.19. The van der Waals surface area contributed by atoms with Crippen LogP contribution < -0.4 is 15.5 Å². The van der Waals surface area contributed by atoms with Crippen molar-refractivity contribution in [3.05, 3.63) is 69.0 Å². The summed E-state index contributed by atoms with van der Waals surface area (Å²) in [5.41, 5.74) is -2.17. The van der Waals surface area contributed by atoms with Crippen LogP contribution in [0.25, 0.3) is 10.9 Å². The number of nitrogens with one attached hydrogen (secondary N) is 2. The average Bonchev–Trinajstić information content (AvgIpc) is 3.19. The molecule has 9 heteroatoms. The molecule has 2 aromatic carbocycles. The molecule has 3 N–H and O–H groups in total. The van der Waals surface area contributed by atoms with Crippen molar-refractivity contribution in [3.8, 4) is 5.75 Å². The molecular weight excluding hydrogens is 457 g/mol. The van der Waals surface area contributed by atoms with E-state index in [1.165, 1.54) is 18.3 Å². The number of aromatic amines is 1. The SMILES string of the molecule is CC(C)(CC(O)(CNc1ccc2[nH]ccc(=O)c2c1)C(F)(F)F)c1cc(Cl)cc2c1OCC2. The quantitative estimate of drug-likeness (QED) is 0.454. The maximum atomic E-state index is 14.1. The summed E-state index contributed by atoms with van der Waals surface area (Å²) in [6.45, 7) is 2.91. The normalized spacial score (nSPS) is 15.7. The monoisotopic (exact) mass is 480 g/mol. The summed E-state index contributed by atoms with van der Waals surface area (Å²) < 4.78 is 48.0. The number of alkyl halides is 3. The first kappa shape index (κ1) is 23.4. The lowest BCUT2D eigenvalue weighted by Crippen LogP contribution is -2.53. The molecule has 4 rings (SSSR count). The second-order valence-corrected chi connectivity index (χ2v) is 9.52. The summed E-state index contributed by atoms with van der Waals surface area (Å²) in [5.74, 6) is 0.538. The van der Waals surface area contributed by atoms with Crippen molar-refractivity contribution in [2.75, 3.05) is 18.5 Å². The Balaban J connectivity index is 1.63. The Kier molecular flexibility index (Phi) is 5.87. The van der Waals surface area contributed by atoms with Crippen LogP contribution in [-0.4, -0.2) is 35.0 Å². The van der Waals surface area contributed by atoms with Gasteiger partial charge in [-0.25, -0.2) is 0 Å². The van der Waals surface area contributed by atoms with Crippen molar-refractivity contribution < 1.29 is 23.0 Å². The molecule has 3 aromatic rings. The summed E-state index contributed by atoms with van der Waals surface area (Å²) in [6, 6.07) is 9.31. The Bertz CT molecular complexity index is 1260. The van der Waals surface area contributed by atoms with Gasteiger partial charge in [0.2, 0.25) is 0 Å². The maximum absolute atomic E-state index is 14.1. The fourth-order valence-corrected chi connectivity index (χ4v) is 4.63. The minimum atomic E-state index is -4.91. The van der Waals surface area contributed by atoms with Crippen molar-refractivity contribution >= 4 is 28.2 Å². The number of aliphatic hydroxyl groups is 1. The van der Waals surface area contributed by atoms with Gasteiger partial charge in [-0.05, 0) is 47.7 Å². The molecule has 5 nitrogen and oxygen atoms in total. The van der Waals surface area contributed by atoms with Crippen molar-refractivity contribution in [1.29, 1.82) is 0 Å². The minimum Gasteiger partial charge on any atom is -0.493 e. The van der Waals surface area contributed by atoms with E-state index >= 15 is 0 Å². The molecule has 1 aliphatic heterocycles. The number of aromatic nitrogens is 1. The van der Waals surface area contributed by atoms with Gasteiger partial charge in [0, 0.05) is 45.9 Å². The molecule has 1 aromatic heterocycles. The third kappa shape index (κ3) is 4.54. The zero-order valence-electron chi connectivity index (χ0n) is 18.1. The molecule has 0 amide bonds. The van der Waals surface area contributed by atoms with E-state index < -0.39 is 30.2 Å². The standard InChI is InChI=1S/C24H24ClF3N2O3/c1-22(2,18-10-15(25)9-14-6-8-33-21(14)18)12-23(32,24(26,27)28)13-30-16-3-4-19-17(11-16)20(31)5-7-29-19/h3-5,7,9-11,30,32H,6,8,12-13H2,1-2H3,(H,29,31). The number of H-pyrrole nitrogens is 1. The van der Waals surface area contributed by atoms with E-state index in [-0.39, 0.29) is 5.43 Å². The highest BCUT2D eigenvalue weighted by Crippen LogP contribution is 2.46. The molecule has 0 saturated carbocycles. The first-order valence-electron chi connectivity index (χ1n) is 10.5. The van der Waals surface area contributed by atoms with E-state index in [1.807, 2.05) is 0 Å². The smallest absolute Gasteiger partial charge is 0.418 e. The number of fused-ring (bicyclic) bond motifs is 2. The average molecular weight is 481 g/mol. The maximum Gasteiger partial charge on any atom is 0.418 e. The molecule has 1 unspecified atom stereocenters. The van der Waals surface area contributed by atoms with Gasteiger partial charge in [0.05, 0.1) is 13.2 Å². The van der Waals surface area contributed by atoms with Gasteiger partial charge in [-0.15, -0.1) is 0 Å². The van der Waals surface area contributed by atoms with Crippen LogP contribution in [0.5, 0.6) is 5.75 Å². The lowest BCUT2D eigenvalue weighted by atomic mass is 9.74. The molecule has 0 radical (unpaired) electrons. The third-order valence-electron chi connectivity index (χ3n) is 6.08. The molecule has 176 valence electrons. The molecule has 1 atom stereocenters. The topological polar surface area (TPSA) is 74.4 Å². The van der Waals surface area contributed by atoms with Crippen molar-refractivity contribution in [1.82, 2.24) is 4.98 Å². The van der Waals surface area contributed by atoms with Gasteiger partial charge >= 0.3 is 6.18 Å². The summed E-state index contributed by atoms with van der Waals surface area (Å²) in [4.78, 5) is 15.0. The fourth-order valence-electron chi connectivity index (χ4n) is 4.39. The number of hydrogen-bond donors (Lipinski definition) is 3. The molecule has 2 heterocycles. The van der Waals surface area contributed by atoms with Crippen LogP contribution in [0.3, 0.4) is 0 Å². The number of benzene rings is 2. The van der Waals surface area contributed by atoms with E-state index in [0.29, 0.717) is 46.0 Å². The second kappa shape index (κ2) is 8.25. The number of hydrogen-bond acceptors (Lipinski definition) is 4. The number of anilines is 1. The van der Waals surface area contributed by atoms with E-state index in [9.17, 15) is 23.1 Å². The van der Waals surface area contributed by atoms with E-state index in [2.05, 4.69) is 10.3 Å². The number of pyridine rings is 1. The lowest BCUT2D eigenvalue weighted by Gasteiger charge is -2.38. The minimum absolute atomic E-state index is 0.255. The molecule has 1 aliphatic rings. The largest absolute Gasteiger partial charge is 0.493 e. The zero-order valence-corrected chi connectivity index (χ0v) is 18.9. The number of ether oxygens (including phenoxy) is 1. The highest BCUT2D eigenvalue weighted by Gasteiger charge is 2.56. The van der Waals surface area contributed by atoms with Crippen molar-refractivity contribution in [2.45, 2.75) is 43.9 Å². The Morgan fingerprint density at radius 3 is 2.67 bits per heavy atom. The summed E-state index contributed by atoms with van der Waals surface area (Å²) >= 11 is 6.22. The van der Waals surface area contributed by atoms with Crippen LogP contribution in [0.4, 0.5) is 18.9 Å². The molecular formula is C24H24ClF3N2O3. The van der Waals surface area contributed by atoms with E-state index in [1.54, 1.807) is 38.1 Å². The highest BCUT2D eigenvalue weighted by molar-refractivity contribution is 6.30. The number of halogens is 4. The van der Waals surface area contributed by atoms with Gasteiger partial charge in [-0.2, -0.15) is 13.2 Å². The third-order valence-corrected chi connectivity index (χ3v) is 6.30. The molecule has 0 spiro atoms. The van der Waals surface area contributed by atoms with Crippen LogP contribution >= 0.6 is 11.6 Å². The lowest BCUT2D eigenvalue weighted by molar-refractivity contribution is -0.260. The summed E-state index contributed by atoms with van der Waals surface area (Å²) in [6.07, 6.45) is -3.40. The first-order valence-corrected chi connectivity index (χ1v) is 10.9. The predicted molar refractivity (Wildman–Crippen MR) is 122 cm³/mol. The first-order chi connectivity index (χ1) is 15.4. The molecule has 0 fully saturated rings. The van der Waals surface area contributed by atoms with Crippen LogP contribution in [-0.2, 0) is 11.8 Å². The van der Waals surface area contributed by atoms with Crippen LogP contribution in [0.1, 0.15) is 31.4 Å². The van der Waals surface area contributed by atoms with Gasteiger partial charge in [-0.1, -0.05) is 25.4 Å².